The summed E-state index contributed by atoms with van der Waals surface area (Å²) in [5, 5.41) is 13.8. The third-order valence-electron chi connectivity index (χ3n) is 3.39. The Balaban J connectivity index is 1.93. The van der Waals surface area contributed by atoms with E-state index in [4.69, 9.17) is 9.47 Å². The van der Waals surface area contributed by atoms with Gasteiger partial charge < -0.3 is 14.8 Å². The van der Waals surface area contributed by atoms with Crippen molar-refractivity contribution in [3.63, 3.8) is 0 Å². The van der Waals surface area contributed by atoms with Crippen LogP contribution in [0.4, 0.5) is 5.69 Å². The van der Waals surface area contributed by atoms with Gasteiger partial charge in [0, 0.05) is 43.9 Å². The largest absolute Gasteiger partial charge is 0.492 e. The van der Waals surface area contributed by atoms with Crippen molar-refractivity contribution in [3.05, 3.63) is 33.9 Å². The molecule has 1 aliphatic rings. The van der Waals surface area contributed by atoms with Crippen molar-refractivity contribution < 1.29 is 14.4 Å². The van der Waals surface area contributed by atoms with Crippen LogP contribution in [-0.4, -0.2) is 56.3 Å². The first-order valence-corrected chi connectivity index (χ1v) is 7.05. The number of ether oxygens (including phenoxy) is 2. The molecule has 1 aliphatic heterocycles. The zero-order valence-electron chi connectivity index (χ0n) is 12.2. The molecule has 7 nitrogen and oxygen atoms in total. The molecule has 1 aromatic carbocycles. The fourth-order valence-electron chi connectivity index (χ4n) is 2.26. The first kappa shape index (κ1) is 15.7. The lowest BCUT2D eigenvalue weighted by atomic mass is 10.1. The second kappa shape index (κ2) is 7.92. The molecule has 1 saturated heterocycles. The van der Waals surface area contributed by atoms with Crippen LogP contribution in [0.25, 0.3) is 0 Å². The van der Waals surface area contributed by atoms with E-state index in [0.717, 1.165) is 38.4 Å². The monoisotopic (exact) mass is 295 g/mol. The number of rotatable bonds is 7. The Morgan fingerprint density at radius 2 is 2.19 bits per heavy atom. The summed E-state index contributed by atoms with van der Waals surface area (Å²) in [6.07, 6.45) is 0. The summed E-state index contributed by atoms with van der Waals surface area (Å²) < 4.78 is 11.1. The molecule has 0 spiro atoms. The van der Waals surface area contributed by atoms with Crippen molar-refractivity contribution in [2.45, 2.75) is 6.54 Å². The lowest BCUT2D eigenvalue weighted by Gasteiger charge is -2.26. The number of hydrogen-bond acceptors (Lipinski definition) is 6. The van der Waals surface area contributed by atoms with Crippen LogP contribution in [0, 0.1) is 10.1 Å². The highest BCUT2D eigenvalue weighted by Crippen LogP contribution is 2.24. The fourth-order valence-corrected chi connectivity index (χ4v) is 2.26. The van der Waals surface area contributed by atoms with Crippen LogP contribution in [0.15, 0.2) is 18.2 Å². The first-order chi connectivity index (χ1) is 10.2. The van der Waals surface area contributed by atoms with Gasteiger partial charge in [0.05, 0.1) is 18.1 Å². The summed E-state index contributed by atoms with van der Waals surface area (Å²) in [4.78, 5) is 12.7. The molecule has 1 aromatic rings. The van der Waals surface area contributed by atoms with Crippen molar-refractivity contribution in [3.8, 4) is 5.75 Å². The molecule has 0 atom stereocenters. The quantitative estimate of drug-likeness (QED) is 0.598. The number of nitrogens with zero attached hydrogens (tertiary/aromatic N) is 2. The molecule has 0 saturated carbocycles. The number of benzene rings is 1. The van der Waals surface area contributed by atoms with E-state index >= 15 is 0 Å². The summed E-state index contributed by atoms with van der Waals surface area (Å²) >= 11 is 0. The Bertz CT molecular complexity index is 475. The normalized spacial score (nSPS) is 15.9. The van der Waals surface area contributed by atoms with E-state index in [9.17, 15) is 10.1 Å². The minimum absolute atomic E-state index is 0.0841. The number of non-ortho nitro benzene ring substituents is 1. The molecule has 7 heteroatoms. The molecule has 0 radical (unpaired) electrons. The number of morpholine rings is 1. The molecule has 1 N–H and O–H groups in total. The van der Waals surface area contributed by atoms with E-state index in [0.29, 0.717) is 18.9 Å². The van der Waals surface area contributed by atoms with Crippen molar-refractivity contribution >= 4 is 5.69 Å². The predicted molar refractivity (Wildman–Crippen MR) is 78.6 cm³/mol. The van der Waals surface area contributed by atoms with Crippen molar-refractivity contribution in [2.75, 3.05) is 46.5 Å². The number of nitrogens with one attached hydrogen (secondary N) is 1. The Morgan fingerprint density at radius 3 is 2.86 bits per heavy atom. The van der Waals surface area contributed by atoms with E-state index in [1.807, 2.05) is 0 Å². The maximum Gasteiger partial charge on any atom is 0.270 e. The summed E-state index contributed by atoms with van der Waals surface area (Å²) in [5.41, 5.74) is 0.884. The zero-order chi connectivity index (χ0) is 15.1. The summed E-state index contributed by atoms with van der Waals surface area (Å²) in [6, 6.07) is 4.70. The Labute approximate surface area is 124 Å². The average molecular weight is 295 g/mol. The smallest absolute Gasteiger partial charge is 0.270 e. The van der Waals surface area contributed by atoms with Gasteiger partial charge in [0.1, 0.15) is 12.4 Å². The maximum atomic E-state index is 10.8. The second-order valence-electron chi connectivity index (χ2n) is 4.88. The van der Waals surface area contributed by atoms with Crippen LogP contribution in [-0.2, 0) is 11.3 Å². The van der Waals surface area contributed by atoms with Gasteiger partial charge in [-0.15, -0.1) is 0 Å². The minimum atomic E-state index is -0.392. The fraction of sp³-hybridized carbons (Fsp3) is 0.571. The molecule has 21 heavy (non-hydrogen) atoms. The van der Waals surface area contributed by atoms with Crippen molar-refractivity contribution in [1.29, 1.82) is 0 Å². The maximum absolute atomic E-state index is 10.8. The van der Waals surface area contributed by atoms with Gasteiger partial charge in [-0.25, -0.2) is 0 Å². The molecule has 0 bridgehead atoms. The molecule has 0 amide bonds. The van der Waals surface area contributed by atoms with Gasteiger partial charge in [-0.1, -0.05) is 0 Å². The molecule has 116 valence electrons. The zero-order valence-corrected chi connectivity index (χ0v) is 12.2. The van der Waals surface area contributed by atoms with Gasteiger partial charge in [0.2, 0.25) is 0 Å². The van der Waals surface area contributed by atoms with E-state index in [-0.39, 0.29) is 5.69 Å². The van der Waals surface area contributed by atoms with Crippen LogP contribution >= 0.6 is 0 Å². The summed E-state index contributed by atoms with van der Waals surface area (Å²) in [5.74, 6) is 0.697. The molecule has 1 heterocycles. The number of nitro benzene ring substituents is 1. The average Bonchev–Trinajstić information content (AvgIpc) is 2.50. The highest BCUT2D eigenvalue weighted by molar-refractivity contribution is 5.43. The molecule has 0 aliphatic carbocycles. The van der Waals surface area contributed by atoms with E-state index in [2.05, 4.69) is 10.2 Å². The van der Waals surface area contributed by atoms with Gasteiger partial charge in [0.15, 0.2) is 0 Å². The number of nitro groups is 1. The topological polar surface area (TPSA) is 76.9 Å². The SMILES string of the molecule is CNCc1cc([N+](=O)[O-])ccc1OCCN1CCOCC1. The second-order valence-corrected chi connectivity index (χ2v) is 4.88. The molecular weight excluding hydrogens is 274 g/mol. The standard InChI is InChI=1S/C14H21N3O4/c1-15-11-12-10-13(17(18)19)2-3-14(12)21-9-6-16-4-7-20-8-5-16/h2-3,10,15H,4-9,11H2,1H3. The molecule has 1 fully saturated rings. The van der Waals surface area contributed by atoms with Crippen LogP contribution < -0.4 is 10.1 Å². The van der Waals surface area contributed by atoms with Crippen LogP contribution in [0.2, 0.25) is 0 Å². The van der Waals surface area contributed by atoms with Gasteiger partial charge >= 0.3 is 0 Å². The van der Waals surface area contributed by atoms with Gasteiger partial charge in [-0.3, -0.25) is 15.0 Å². The van der Waals surface area contributed by atoms with Gasteiger partial charge in [-0.2, -0.15) is 0 Å². The van der Waals surface area contributed by atoms with Crippen LogP contribution in [0.5, 0.6) is 5.75 Å². The number of hydrogen-bond donors (Lipinski definition) is 1. The molecule has 0 unspecified atom stereocenters. The van der Waals surface area contributed by atoms with Crippen molar-refractivity contribution in [2.24, 2.45) is 0 Å². The summed E-state index contributed by atoms with van der Waals surface area (Å²) in [6.45, 7) is 5.31. The Hall–Kier alpha value is -1.70. The molecule has 2 rings (SSSR count). The third-order valence-corrected chi connectivity index (χ3v) is 3.39. The van der Waals surface area contributed by atoms with E-state index in [1.54, 1.807) is 19.2 Å². The highest BCUT2D eigenvalue weighted by Gasteiger charge is 2.13. The minimum Gasteiger partial charge on any atom is -0.492 e. The van der Waals surface area contributed by atoms with E-state index < -0.39 is 4.92 Å². The highest BCUT2D eigenvalue weighted by atomic mass is 16.6. The molecular formula is C14H21N3O4. The van der Waals surface area contributed by atoms with E-state index in [1.165, 1.54) is 6.07 Å². The van der Waals surface area contributed by atoms with Crippen LogP contribution in [0.3, 0.4) is 0 Å². The van der Waals surface area contributed by atoms with Gasteiger partial charge in [-0.05, 0) is 13.1 Å². The van der Waals surface area contributed by atoms with Gasteiger partial charge in [0.25, 0.3) is 5.69 Å². The lowest BCUT2D eigenvalue weighted by Crippen LogP contribution is -2.38. The Kier molecular flexibility index (Phi) is 5.91. The third kappa shape index (κ3) is 4.66. The summed E-state index contributed by atoms with van der Waals surface area (Å²) in [7, 11) is 1.80. The van der Waals surface area contributed by atoms with Crippen molar-refractivity contribution in [1.82, 2.24) is 10.2 Å². The van der Waals surface area contributed by atoms with Crippen LogP contribution in [0.1, 0.15) is 5.56 Å². The first-order valence-electron chi connectivity index (χ1n) is 7.05. The Morgan fingerprint density at radius 1 is 1.43 bits per heavy atom. The molecule has 0 aromatic heterocycles. The lowest BCUT2D eigenvalue weighted by molar-refractivity contribution is -0.384. The predicted octanol–water partition coefficient (Wildman–Crippen LogP) is 1.03.